The molecule has 4 aromatic rings. The van der Waals surface area contributed by atoms with Crippen LogP contribution >= 0.6 is 0 Å². The van der Waals surface area contributed by atoms with Crippen molar-refractivity contribution in [1.29, 1.82) is 0 Å². The third-order valence-electron chi connectivity index (χ3n) is 7.09. The summed E-state index contributed by atoms with van der Waals surface area (Å²) in [5.74, 6) is -0.0525. The van der Waals surface area contributed by atoms with Crippen molar-refractivity contribution in [2.24, 2.45) is 0 Å². The number of hydrogen-bond donors (Lipinski definition) is 2. The standard InChI is InChI=1S/C25H24N4O3/c1-32-24(31)25(21-16(12-13-26-25)15-7-2-4-10-19(15)27-21)18-9-6-14-29-22(18)28-20-11-5-3-8-17(20)23(29)30/h2-5,7-8,10-11,18,26-27H,6,9,12-14H2,1H3/t18-,25+/m0/s1. The molecule has 6 rings (SSSR count). The van der Waals surface area contributed by atoms with Gasteiger partial charge in [0.05, 0.1) is 29.6 Å². The van der Waals surface area contributed by atoms with E-state index >= 15 is 0 Å². The number of carbonyl (C=O) groups excluding carboxylic acids is 1. The molecule has 7 nitrogen and oxygen atoms in total. The van der Waals surface area contributed by atoms with E-state index in [2.05, 4.69) is 16.4 Å². The second kappa shape index (κ2) is 7.03. The van der Waals surface area contributed by atoms with Crippen molar-refractivity contribution >= 4 is 27.8 Å². The molecule has 2 aliphatic heterocycles. The molecule has 0 aliphatic carbocycles. The van der Waals surface area contributed by atoms with E-state index in [1.54, 1.807) is 4.57 Å². The molecule has 4 heterocycles. The average molecular weight is 428 g/mol. The van der Waals surface area contributed by atoms with Crippen molar-refractivity contribution in [3.63, 3.8) is 0 Å². The van der Waals surface area contributed by atoms with Gasteiger partial charge in [0.15, 0.2) is 5.54 Å². The van der Waals surface area contributed by atoms with Gasteiger partial charge >= 0.3 is 5.97 Å². The van der Waals surface area contributed by atoms with Gasteiger partial charge in [0.25, 0.3) is 5.56 Å². The maximum Gasteiger partial charge on any atom is 0.333 e. The lowest BCUT2D eigenvalue weighted by molar-refractivity contribution is -0.151. The van der Waals surface area contributed by atoms with Crippen LogP contribution in [-0.4, -0.2) is 34.2 Å². The molecule has 32 heavy (non-hydrogen) atoms. The van der Waals surface area contributed by atoms with E-state index in [9.17, 15) is 9.59 Å². The fraction of sp³-hybridized carbons (Fsp3) is 0.320. The van der Waals surface area contributed by atoms with Crippen molar-refractivity contribution in [2.75, 3.05) is 13.7 Å². The number of aromatic amines is 1. The number of nitrogens with one attached hydrogen (secondary N) is 2. The van der Waals surface area contributed by atoms with Gasteiger partial charge in [0, 0.05) is 24.0 Å². The Bertz CT molecular complexity index is 1440. The fourth-order valence-electron chi connectivity index (χ4n) is 5.70. The van der Waals surface area contributed by atoms with Crippen LogP contribution in [0.3, 0.4) is 0 Å². The molecule has 162 valence electrons. The molecule has 0 spiro atoms. The van der Waals surface area contributed by atoms with Crippen LogP contribution in [0, 0.1) is 0 Å². The molecule has 2 aliphatic rings. The Labute approximate surface area is 184 Å². The molecule has 0 fully saturated rings. The third kappa shape index (κ3) is 2.48. The van der Waals surface area contributed by atoms with Crippen molar-refractivity contribution < 1.29 is 9.53 Å². The van der Waals surface area contributed by atoms with Gasteiger partial charge in [-0.15, -0.1) is 0 Å². The van der Waals surface area contributed by atoms with Crippen molar-refractivity contribution in [2.45, 2.75) is 37.3 Å². The first kappa shape index (κ1) is 19.3. The summed E-state index contributed by atoms with van der Waals surface area (Å²) in [5.41, 5.74) is 2.42. The van der Waals surface area contributed by atoms with E-state index in [1.807, 2.05) is 42.5 Å². The third-order valence-corrected chi connectivity index (χ3v) is 7.09. The number of nitrogens with zero attached hydrogens (tertiary/aromatic N) is 2. The molecule has 0 saturated carbocycles. The molecule has 2 aromatic heterocycles. The molecular formula is C25H24N4O3. The Kier molecular flexibility index (Phi) is 4.23. The van der Waals surface area contributed by atoms with Gasteiger partial charge < -0.3 is 9.72 Å². The summed E-state index contributed by atoms with van der Waals surface area (Å²) < 4.78 is 7.15. The zero-order valence-corrected chi connectivity index (χ0v) is 17.9. The average Bonchev–Trinajstić information content (AvgIpc) is 3.23. The zero-order chi connectivity index (χ0) is 21.9. The first-order valence-electron chi connectivity index (χ1n) is 11.1. The monoisotopic (exact) mass is 428 g/mol. The van der Waals surface area contributed by atoms with Crippen LogP contribution in [0.4, 0.5) is 0 Å². The van der Waals surface area contributed by atoms with Gasteiger partial charge in [-0.2, -0.15) is 0 Å². The number of methoxy groups -OCH3 is 1. The number of fused-ring (bicyclic) bond motifs is 5. The van der Waals surface area contributed by atoms with Crippen molar-refractivity contribution in [3.8, 4) is 0 Å². The minimum Gasteiger partial charge on any atom is -0.467 e. The molecular weight excluding hydrogens is 404 g/mol. The molecule has 2 atom stereocenters. The van der Waals surface area contributed by atoms with Crippen LogP contribution in [0.5, 0.6) is 0 Å². The molecule has 0 unspecified atom stereocenters. The number of para-hydroxylation sites is 2. The van der Waals surface area contributed by atoms with Gasteiger partial charge in [-0.05, 0) is 43.0 Å². The Morgan fingerprint density at radius 2 is 1.94 bits per heavy atom. The molecule has 0 amide bonds. The maximum absolute atomic E-state index is 13.6. The summed E-state index contributed by atoms with van der Waals surface area (Å²) in [4.78, 5) is 35.3. The minimum atomic E-state index is -1.13. The number of H-pyrrole nitrogens is 1. The van der Waals surface area contributed by atoms with Gasteiger partial charge in [-0.3, -0.25) is 14.7 Å². The Balaban J connectivity index is 1.65. The molecule has 7 heteroatoms. The summed E-state index contributed by atoms with van der Waals surface area (Å²) in [7, 11) is 1.42. The lowest BCUT2D eigenvalue weighted by Gasteiger charge is -2.43. The smallest absolute Gasteiger partial charge is 0.333 e. The predicted molar refractivity (Wildman–Crippen MR) is 122 cm³/mol. The molecule has 2 aromatic carbocycles. The first-order valence-corrected chi connectivity index (χ1v) is 11.1. The number of esters is 1. The number of ether oxygens (including phenoxy) is 1. The van der Waals surface area contributed by atoms with E-state index < -0.39 is 5.54 Å². The highest BCUT2D eigenvalue weighted by atomic mass is 16.5. The number of rotatable bonds is 2. The largest absolute Gasteiger partial charge is 0.467 e. The number of carbonyl (C=O) groups is 1. The van der Waals surface area contributed by atoms with Crippen LogP contribution in [0.25, 0.3) is 21.8 Å². The fourth-order valence-corrected chi connectivity index (χ4v) is 5.70. The quantitative estimate of drug-likeness (QED) is 0.479. The van der Waals surface area contributed by atoms with Gasteiger partial charge in [-0.25, -0.2) is 9.78 Å². The highest BCUT2D eigenvalue weighted by Crippen LogP contribution is 2.46. The first-order chi connectivity index (χ1) is 15.6. The predicted octanol–water partition coefficient (Wildman–Crippen LogP) is 2.97. The summed E-state index contributed by atoms with van der Waals surface area (Å²) in [6.07, 6.45) is 2.32. The summed E-state index contributed by atoms with van der Waals surface area (Å²) in [6, 6.07) is 15.5. The van der Waals surface area contributed by atoms with E-state index in [4.69, 9.17) is 9.72 Å². The summed E-state index contributed by atoms with van der Waals surface area (Å²) in [5, 5.41) is 5.24. The van der Waals surface area contributed by atoms with Crippen LogP contribution < -0.4 is 10.9 Å². The molecule has 0 saturated heterocycles. The number of aromatic nitrogens is 3. The second-order valence-corrected chi connectivity index (χ2v) is 8.64. The van der Waals surface area contributed by atoms with Gasteiger partial charge in [-0.1, -0.05) is 30.3 Å². The van der Waals surface area contributed by atoms with Crippen LogP contribution in [0.2, 0.25) is 0 Å². The molecule has 0 radical (unpaired) electrons. The van der Waals surface area contributed by atoms with Crippen LogP contribution in [0.15, 0.2) is 53.3 Å². The summed E-state index contributed by atoms with van der Waals surface area (Å²) in [6.45, 7) is 1.23. The van der Waals surface area contributed by atoms with E-state index in [0.29, 0.717) is 29.8 Å². The highest BCUT2D eigenvalue weighted by molar-refractivity contribution is 5.91. The van der Waals surface area contributed by atoms with Gasteiger partial charge in [0.1, 0.15) is 5.82 Å². The minimum absolute atomic E-state index is 0.0528. The highest BCUT2D eigenvalue weighted by Gasteiger charge is 2.54. The van der Waals surface area contributed by atoms with Crippen LogP contribution in [0.1, 0.15) is 35.8 Å². The van der Waals surface area contributed by atoms with E-state index in [-0.39, 0.29) is 17.4 Å². The summed E-state index contributed by atoms with van der Waals surface area (Å²) >= 11 is 0. The molecule has 0 bridgehead atoms. The number of benzene rings is 2. The Hall–Kier alpha value is -3.45. The topological polar surface area (TPSA) is 89.0 Å². The van der Waals surface area contributed by atoms with E-state index in [1.165, 1.54) is 7.11 Å². The zero-order valence-electron chi connectivity index (χ0n) is 17.9. The van der Waals surface area contributed by atoms with E-state index in [0.717, 1.165) is 41.4 Å². The van der Waals surface area contributed by atoms with Gasteiger partial charge in [0.2, 0.25) is 0 Å². The maximum atomic E-state index is 13.6. The normalized spacial score (nSPS) is 22.5. The SMILES string of the molecule is COC(=O)[C@]1([C@H]2CCCn3c2nc2ccccc2c3=O)NCCc2c1[nH]c1ccccc21. The van der Waals surface area contributed by atoms with Crippen molar-refractivity contribution in [1.82, 2.24) is 19.9 Å². The Morgan fingerprint density at radius 3 is 2.78 bits per heavy atom. The number of hydrogen-bond acceptors (Lipinski definition) is 5. The molecule has 2 N–H and O–H groups in total. The second-order valence-electron chi connectivity index (χ2n) is 8.64. The lowest BCUT2D eigenvalue weighted by Crippen LogP contribution is -2.59. The van der Waals surface area contributed by atoms with Crippen LogP contribution in [-0.2, 0) is 28.0 Å². The van der Waals surface area contributed by atoms with Crippen molar-refractivity contribution in [3.05, 3.63) is 76.0 Å². The lowest BCUT2D eigenvalue weighted by atomic mass is 9.73. The Morgan fingerprint density at radius 1 is 1.16 bits per heavy atom.